The van der Waals surface area contributed by atoms with E-state index in [2.05, 4.69) is 16.0 Å². The summed E-state index contributed by atoms with van der Waals surface area (Å²) in [7, 11) is 0. The number of carbonyl (C=O) groups is 1. The summed E-state index contributed by atoms with van der Waals surface area (Å²) in [5, 5.41) is 0. The van der Waals surface area contributed by atoms with Crippen LogP contribution in [-0.4, -0.2) is 22.3 Å². The number of hydrogen-bond acceptors (Lipinski definition) is 2. The normalized spacial score (nSPS) is 24.1. The van der Waals surface area contributed by atoms with Crippen molar-refractivity contribution >= 4 is 5.91 Å². The number of rotatable bonds is 2. The number of likely N-dealkylation sites (tertiary alicyclic amines) is 1. The van der Waals surface area contributed by atoms with Gasteiger partial charge >= 0.3 is 0 Å². The summed E-state index contributed by atoms with van der Waals surface area (Å²) in [6.07, 6.45) is 5.57. The molecule has 2 aliphatic rings. The Labute approximate surface area is 108 Å². The van der Waals surface area contributed by atoms with Crippen molar-refractivity contribution in [1.82, 2.24) is 9.88 Å². The first-order valence-electron chi connectivity index (χ1n) is 7.00. The third-order valence-electron chi connectivity index (χ3n) is 4.24. The summed E-state index contributed by atoms with van der Waals surface area (Å²) in [6, 6.07) is 6.33. The highest BCUT2D eigenvalue weighted by molar-refractivity contribution is 5.80. The fourth-order valence-corrected chi connectivity index (χ4v) is 2.98. The van der Waals surface area contributed by atoms with Gasteiger partial charge in [-0.15, -0.1) is 0 Å². The van der Waals surface area contributed by atoms with E-state index >= 15 is 0 Å². The topological polar surface area (TPSA) is 33.2 Å². The van der Waals surface area contributed by atoms with E-state index in [1.807, 2.05) is 19.1 Å². The quantitative estimate of drug-likeness (QED) is 0.801. The van der Waals surface area contributed by atoms with Crippen LogP contribution in [0.3, 0.4) is 0 Å². The van der Waals surface area contributed by atoms with Gasteiger partial charge in [0.1, 0.15) is 0 Å². The monoisotopic (exact) mass is 244 g/mol. The average Bonchev–Trinajstić information content (AvgIpc) is 2.75. The Kier molecular flexibility index (Phi) is 3.06. The van der Waals surface area contributed by atoms with E-state index in [9.17, 15) is 4.79 Å². The number of amides is 1. The summed E-state index contributed by atoms with van der Waals surface area (Å²) in [6.45, 7) is 2.92. The van der Waals surface area contributed by atoms with Gasteiger partial charge in [-0.2, -0.15) is 0 Å². The molecule has 2 heterocycles. The molecular formula is C15H20N2O. The summed E-state index contributed by atoms with van der Waals surface area (Å²) >= 11 is 0. The first-order chi connectivity index (χ1) is 8.75. The molecule has 0 unspecified atom stereocenters. The zero-order chi connectivity index (χ0) is 12.5. The smallest absolute Gasteiger partial charge is 0.226 e. The van der Waals surface area contributed by atoms with Gasteiger partial charge in [-0.3, -0.25) is 9.78 Å². The van der Waals surface area contributed by atoms with Crippen LogP contribution < -0.4 is 0 Å². The van der Waals surface area contributed by atoms with E-state index in [1.54, 1.807) is 0 Å². The number of nitrogens with zero attached hydrogens (tertiary/aromatic N) is 2. The molecule has 0 aromatic carbocycles. The number of hydrogen-bond donors (Lipinski definition) is 0. The maximum Gasteiger partial charge on any atom is 0.226 e. The zero-order valence-electron chi connectivity index (χ0n) is 10.9. The van der Waals surface area contributed by atoms with Crippen LogP contribution in [-0.2, 0) is 4.79 Å². The van der Waals surface area contributed by atoms with Crippen LogP contribution in [0.5, 0.6) is 0 Å². The van der Waals surface area contributed by atoms with Crippen LogP contribution in [0.1, 0.15) is 49.5 Å². The molecule has 3 rings (SSSR count). The molecule has 3 nitrogen and oxygen atoms in total. The number of aromatic nitrogens is 1. The van der Waals surface area contributed by atoms with Crippen molar-refractivity contribution < 1.29 is 4.79 Å². The van der Waals surface area contributed by atoms with E-state index in [-0.39, 0.29) is 6.04 Å². The lowest BCUT2D eigenvalue weighted by atomic mass is 9.84. The van der Waals surface area contributed by atoms with Crippen LogP contribution in [0.2, 0.25) is 0 Å². The van der Waals surface area contributed by atoms with E-state index in [0.717, 1.165) is 43.6 Å². The molecule has 1 aliphatic carbocycles. The summed E-state index contributed by atoms with van der Waals surface area (Å²) < 4.78 is 0. The molecule has 1 amide bonds. The molecule has 1 atom stereocenters. The van der Waals surface area contributed by atoms with Gasteiger partial charge in [-0.1, -0.05) is 12.5 Å². The predicted octanol–water partition coefficient (Wildman–Crippen LogP) is 2.85. The maximum atomic E-state index is 12.4. The summed E-state index contributed by atoms with van der Waals surface area (Å²) in [5.74, 6) is 0.669. The van der Waals surface area contributed by atoms with Crippen LogP contribution >= 0.6 is 0 Å². The Bertz CT molecular complexity index is 454. The molecule has 1 saturated carbocycles. The van der Waals surface area contributed by atoms with Gasteiger partial charge in [-0.25, -0.2) is 0 Å². The van der Waals surface area contributed by atoms with E-state index in [4.69, 9.17) is 0 Å². The Morgan fingerprint density at radius 3 is 2.78 bits per heavy atom. The maximum absolute atomic E-state index is 12.4. The van der Waals surface area contributed by atoms with Crippen molar-refractivity contribution in [2.75, 3.05) is 6.54 Å². The number of aryl methyl sites for hydroxylation is 1. The van der Waals surface area contributed by atoms with Gasteiger partial charge in [0, 0.05) is 18.2 Å². The van der Waals surface area contributed by atoms with Crippen molar-refractivity contribution in [3.8, 4) is 0 Å². The molecule has 2 fully saturated rings. The minimum absolute atomic E-state index is 0.220. The third kappa shape index (κ3) is 2.02. The second-order valence-corrected chi connectivity index (χ2v) is 5.52. The van der Waals surface area contributed by atoms with Crippen molar-refractivity contribution in [3.63, 3.8) is 0 Å². The van der Waals surface area contributed by atoms with E-state index in [1.165, 1.54) is 6.42 Å². The lowest BCUT2D eigenvalue weighted by molar-refractivity contribution is -0.139. The molecule has 1 saturated heterocycles. The van der Waals surface area contributed by atoms with Gasteiger partial charge in [0.05, 0.1) is 11.7 Å². The highest BCUT2D eigenvalue weighted by atomic mass is 16.2. The number of pyridine rings is 1. The third-order valence-corrected chi connectivity index (χ3v) is 4.24. The molecular weight excluding hydrogens is 224 g/mol. The molecule has 1 aliphatic heterocycles. The van der Waals surface area contributed by atoms with E-state index in [0.29, 0.717) is 11.8 Å². The zero-order valence-corrected chi connectivity index (χ0v) is 10.9. The van der Waals surface area contributed by atoms with Crippen molar-refractivity contribution in [2.45, 2.75) is 45.1 Å². The molecule has 0 bridgehead atoms. The largest absolute Gasteiger partial charge is 0.334 e. The average molecular weight is 244 g/mol. The van der Waals surface area contributed by atoms with Gasteiger partial charge in [0.15, 0.2) is 0 Å². The predicted molar refractivity (Wildman–Crippen MR) is 70.0 cm³/mol. The van der Waals surface area contributed by atoms with Crippen LogP contribution in [0, 0.1) is 12.8 Å². The molecule has 96 valence electrons. The van der Waals surface area contributed by atoms with Crippen LogP contribution in [0.4, 0.5) is 0 Å². The first-order valence-corrected chi connectivity index (χ1v) is 7.00. The highest BCUT2D eigenvalue weighted by Gasteiger charge is 2.36. The summed E-state index contributed by atoms with van der Waals surface area (Å²) in [4.78, 5) is 19.1. The molecule has 1 aromatic heterocycles. The second kappa shape index (κ2) is 4.71. The van der Waals surface area contributed by atoms with Gasteiger partial charge in [0.25, 0.3) is 0 Å². The highest BCUT2D eigenvalue weighted by Crippen LogP contribution is 2.36. The Balaban J connectivity index is 1.80. The fourth-order valence-electron chi connectivity index (χ4n) is 2.98. The van der Waals surface area contributed by atoms with E-state index < -0.39 is 0 Å². The number of carbonyl (C=O) groups excluding carboxylic acids is 1. The minimum atomic E-state index is 0.220. The lowest BCUT2D eigenvalue weighted by Gasteiger charge is -2.32. The van der Waals surface area contributed by atoms with Crippen molar-refractivity contribution in [3.05, 3.63) is 29.6 Å². The van der Waals surface area contributed by atoms with Crippen molar-refractivity contribution in [1.29, 1.82) is 0 Å². The Morgan fingerprint density at radius 2 is 2.11 bits per heavy atom. The molecule has 0 N–H and O–H groups in total. The standard InChI is InChI=1S/C15H20N2O/c1-11-5-2-8-13(16-11)14-9-4-10-17(14)15(18)12-6-3-7-12/h2,5,8,12,14H,3-4,6-7,9-10H2,1H3/t14-/m0/s1. The Morgan fingerprint density at radius 1 is 1.28 bits per heavy atom. The van der Waals surface area contributed by atoms with Gasteiger partial charge in [-0.05, 0) is 44.7 Å². The fraction of sp³-hybridized carbons (Fsp3) is 0.600. The molecule has 1 aromatic rings. The van der Waals surface area contributed by atoms with Gasteiger partial charge in [0.2, 0.25) is 5.91 Å². The SMILES string of the molecule is Cc1cccc([C@@H]2CCCN2C(=O)C2CCC2)n1. The lowest BCUT2D eigenvalue weighted by Crippen LogP contribution is -2.38. The summed E-state index contributed by atoms with van der Waals surface area (Å²) in [5.41, 5.74) is 2.11. The van der Waals surface area contributed by atoms with Crippen molar-refractivity contribution in [2.24, 2.45) is 5.92 Å². The first kappa shape index (κ1) is 11.7. The molecule has 0 radical (unpaired) electrons. The Hall–Kier alpha value is -1.38. The van der Waals surface area contributed by atoms with Gasteiger partial charge < -0.3 is 4.90 Å². The molecule has 18 heavy (non-hydrogen) atoms. The molecule has 3 heteroatoms. The van der Waals surface area contributed by atoms with Crippen LogP contribution in [0.25, 0.3) is 0 Å². The van der Waals surface area contributed by atoms with Crippen LogP contribution in [0.15, 0.2) is 18.2 Å². The minimum Gasteiger partial charge on any atom is -0.334 e. The second-order valence-electron chi connectivity index (χ2n) is 5.52. The molecule has 0 spiro atoms.